The van der Waals surface area contributed by atoms with Crippen LogP contribution in [0.3, 0.4) is 0 Å². The Kier molecular flexibility index (Phi) is 4.34. The van der Waals surface area contributed by atoms with Gasteiger partial charge in [-0.25, -0.2) is 9.78 Å². The summed E-state index contributed by atoms with van der Waals surface area (Å²) in [6, 6.07) is 10.00. The van der Waals surface area contributed by atoms with Crippen LogP contribution in [0.15, 0.2) is 50.4 Å². The summed E-state index contributed by atoms with van der Waals surface area (Å²) in [6.45, 7) is 5.11. The highest BCUT2D eigenvalue weighted by Crippen LogP contribution is 2.17. The van der Waals surface area contributed by atoms with E-state index < -0.39 is 11.5 Å². The van der Waals surface area contributed by atoms with Crippen molar-refractivity contribution in [1.29, 1.82) is 0 Å². The second-order valence-electron chi connectivity index (χ2n) is 6.62. The Hall–Kier alpha value is -4.01. The molecule has 4 rings (SSSR count). The second kappa shape index (κ2) is 6.86. The van der Waals surface area contributed by atoms with Crippen LogP contribution >= 0.6 is 0 Å². The smallest absolute Gasteiger partial charge is 0.349 e. The summed E-state index contributed by atoms with van der Waals surface area (Å²) >= 11 is 0. The number of aromatic nitrogens is 4. The first-order valence-corrected chi connectivity index (χ1v) is 8.82. The van der Waals surface area contributed by atoms with Crippen molar-refractivity contribution in [2.75, 3.05) is 5.32 Å². The minimum Gasteiger partial charge on any atom is -0.422 e. The van der Waals surface area contributed by atoms with Gasteiger partial charge in [0, 0.05) is 22.7 Å². The van der Waals surface area contributed by atoms with Crippen molar-refractivity contribution >= 4 is 22.7 Å². The quantitative estimate of drug-likeness (QED) is 0.516. The Morgan fingerprint density at radius 2 is 1.90 bits per heavy atom. The number of para-hydroxylation sites is 1. The van der Waals surface area contributed by atoms with Crippen LogP contribution in [0.5, 0.6) is 0 Å². The average Bonchev–Trinajstić information content (AvgIpc) is 3.05. The third kappa shape index (κ3) is 3.33. The van der Waals surface area contributed by atoms with Crippen molar-refractivity contribution in [3.05, 3.63) is 79.7 Å². The number of anilines is 1. The number of fused-ring (bicyclic) bond motifs is 1. The highest BCUT2D eigenvalue weighted by atomic mass is 16.4. The molecule has 3 heterocycles. The number of H-pyrrole nitrogens is 1. The van der Waals surface area contributed by atoms with Gasteiger partial charge in [-0.1, -0.05) is 18.2 Å². The van der Waals surface area contributed by atoms with Crippen molar-refractivity contribution in [3.63, 3.8) is 0 Å². The van der Waals surface area contributed by atoms with Gasteiger partial charge >= 0.3 is 5.63 Å². The highest BCUT2D eigenvalue weighted by molar-refractivity contribution is 6.05. The molecule has 0 saturated carbocycles. The van der Waals surface area contributed by atoms with E-state index in [1.807, 2.05) is 0 Å². The van der Waals surface area contributed by atoms with E-state index in [1.54, 1.807) is 51.1 Å². The Bertz CT molecular complexity index is 1380. The molecule has 0 spiro atoms. The molecule has 0 aliphatic heterocycles. The number of nitrogens with zero attached hydrogens (tertiary/aromatic N) is 3. The number of hydrogen-bond acceptors (Lipinski definition) is 6. The molecular weight excluding hydrogens is 374 g/mol. The zero-order valence-corrected chi connectivity index (χ0v) is 15.9. The van der Waals surface area contributed by atoms with Crippen LogP contribution in [0.4, 0.5) is 5.82 Å². The maximum atomic E-state index is 12.8. The van der Waals surface area contributed by atoms with Crippen LogP contribution < -0.4 is 16.5 Å². The lowest BCUT2D eigenvalue weighted by Crippen LogP contribution is -2.23. The normalized spacial score (nSPS) is 11.0. The average molecular weight is 391 g/mol. The van der Waals surface area contributed by atoms with Gasteiger partial charge in [-0.05, 0) is 32.9 Å². The monoisotopic (exact) mass is 391 g/mol. The number of amides is 1. The minimum absolute atomic E-state index is 0.143. The predicted molar refractivity (Wildman–Crippen MR) is 107 cm³/mol. The highest BCUT2D eigenvalue weighted by Gasteiger charge is 2.18. The van der Waals surface area contributed by atoms with E-state index in [0.29, 0.717) is 27.9 Å². The summed E-state index contributed by atoms with van der Waals surface area (Å²) in [5.74, 6) is -0.240. The fraction of sp³-hybridized carbons (Fsp3) is 0.150. The van der Waals surface area contributed by atoms with E-state index in [0.717, 1.165) is 0 Å². The van der Waals surface area contributed by atoms with E-state index in [9.17, 15) is 14.4 Å². The van der Waals surface area contributed by atoms with Crippen LogP contribution in [0.2, 0.25) is 0 Å². The first kappa shape index (κ1) is 18.4. The molecule has 0 atom stereocenters. The molecule has 2 N–H and O–H groups in total. The van der Waals surface area contributed by atoms with Gasteiger partial charge in [0.1, 0.15) is 17.0 Å². The van der Waals surface area contributed by atoms with Gasteiger partial charge in [0.2, 0.25) is 5.95 Å². The number of carbonyl (C=O) groups excluding carboxylic acids is 1. The zero-order valence-electron chi connectivity index (χ0n) is 15.9. The van der Waals surface area contributed by atoms with Crippen molar-refractivity contribution in [2.24, 2.45) is 0 Å². The Labute approximate surface area is 164 Å². The zero-order chi connectivity index (χ0) is 20.7. The SMILES string of the molecule is Cc1cc(NC(=O)c2cc3ccccc3oc2=O)n(-c2nc(C)c(C)c(=O)[nH]2)n1. The van der Waals surface area contributed by atoms with E-state index in [2.05, 4.69) is 20.4 Å². The number of carbonyl (C=O) groups is 1. The first-order valence-electron chi connectivity index (χ1n) is 8.82. The topological polar surface area (TPSA) is 123 Å². The molecular formula is C20H17N5O4. The fourth-order valence-electron chi connectivity index (χ4n) is 2.88. The number of benzene rings is 1. The lowest BCUT2D eigenvalue weighted by molar-refractivity contribution is 0.102. The largest absolute Gasteiger partial charge is 0.422 e. The Balaban J connectivity index is 1.75. The van der Waals surface area contributed by atoms with Crippen molar-refractivity contribution < 1.29 is 9.21 Å². The molecule has 0 saturated heterocycles. The molecule has 0 bridgehead atoms. The fourth-order valence-corrected chi connectivity index (χ4v) is 2.88. The summed E-state index contributed by atoms with van der Waals surface area (Å²) in [5, 5.41) is 7.55. The summed E-state index contributed by atoms with van der Waals surface area (Å²) < 4.78 is 6.53. The lowest BCUT2D eigenvalue weighted by atomic mass is 10.2. The molecule has 0 radical (unpaired) electrons. The van der Waals surface area contributed by atoms with Crippen LogP contribution in [-0.2, 0) is 0 Å². The first-order chi connectivity index (χ1) is 13.8. The number of aryl methyl sites for hydroxylation is 2. The maximum Gasteiger partial charge on any atom is 0.349 e. The molecule has 0 aliphatic carbocycles. The van der Waals surface area contributed by atoms with Gasteiger partial charge in [0.15, 0.2) is 0 Å². The van der Waals surface area contributed by atoms with Crippen LogP contribution in [0.25, 0.3) is 16.9 Å². The molecule has 0 aliphatic rings. The molecule has 1 amide bonds. The number of nitrogens with one attached hydrogen (secondary N) is 2. The van der Waals surface area contributed by atoms with Gasteiger partial charge in [-0.15, -0.1) is 0 Å². The van der Waals surface area contributed by atoms with Crippen molar-refractivity contribution in [1.82, 2.24) is 19.7 Å². The molecule has 9 nitrogen and oxygen atoms in total. The van der Waals surface area contributed by atoms with Gasteiger partial charge in [0.05, 0.1) is 5.69 Å². The maximum absolute atomic E-state index is 12.8. The summed E-state index contributed by atoms with van der Waals surface area (Å²) in [4.78, 5) is 44.1. The van der Waals surface area contributed by atoms with Gasteiger partial charge in [-0.2, -0.15) is 9.78 Å². The third-order valence-electron chi connectivity index (χ3n) is 4.54. The summed E-state index contributed by atoms with van der Waals surface area (Å²) in [6.07, 6.45) is 0. The molecule has 9 heteroatoms. The predicted octanol–water partition coefficient (Wildman–Crippen LogP) is 2.24. The Morgan fingerprint density at radius 1 is 1.14 bits per heavy atom. The molecule has 146 valence electrons. The van der Waals surface area contributed by atoms with Gasteiger partial charge < -0.3 is 9.73 Å². The Morgan fingerprint density at radius 3 is 2.66 bits per heavy atom. The number of aromatic amines is 1. The number of rotatable bonds is 3. The van der Waals surface area contributed by atoms with Crippen LogP contribution in [0.1, 0.15) is 27.3 Å². The molecule has 4 aromatic rings. The van der Waals surface area contributed by atoms with Crippen LogP contribution in [-0.4, -0.2) is 25.7 Å². The lowest BCUT2D eigenvalue weighted by Gasteiger charge is -2.09. The van der Waals surface area contributed by atoms with E-state index in [1.165, 1.54) is 10.7 Å². The standard InChI is InChI=1S/C20H17N5O4/c1-10-8-16(25(24-10)20-21-12(3)11(2)17(26)23-20)22-18(27)14-9-13-6-4-5-7-15(13)29-19(14)28/h4-9H,1-3H3,(H,22,27)(H,21,23,26). The molecule has 0 fully saturated rings. The minimum atomic E-state index is -0.748. The van der Waals surface area contributed by atoms with E-state index in [-0.39, 0.29) is 22.9 Å². The van der Waals surface area contributed by atoms with Crippen molar-refractivity contribution in [3.8, 4) is 5.95 Å². The summed E-state index contributed by atoms with van der Waals surface area (Å²) in [5.41, 5.74) is 0.838. The number of hydrogen-bond donors (Lipinski definition) is 2. The van der Waals surface area contributed by atoms with Gasteiger partial charge in [0.25, 0.3) is 11.5 Å². The van der Waals surface area contributed by atoms with Gasteiger partial charge in [-0.3, -0.25) is 14.6 Å². The van der Waals surface area contributed by atoms with E-state index >= 15 is 0 Å². The molecule has 29 heavy (non-hydrogen) atoms. The third-order valence-corrected chi connectivity index (χ3v) is 4.54. The van der Waals surface area contributed by atoms with Crippen molar-refractivity contribution in [2.45, 2.75) is 20.8 Å². The summed E-state index contributed by atoms with van der Waals surface area (Å²) in [7, 11) is 0. The van der Waals surface area contributed by atoms with Crippen LogP contribution in [0, 0.1) is 20.8 Å². The second-order valence-corrected chi connectivity index (χ2v) is 6.62. The molecule has 1 aromatic carbocycles. The van der Waals surface area contributed by atoms with E-state index in [4.69, 9.17) is 4.42 Å². The molecule has 0 unspecified atom stereocenters. The molecule has 3 aromatic heterocycles.